The zero-order valence-corrected chi connectivity index (χ0v) is 11.9. The summed E-state index contributed by atoms with van der Waals surface area (Å²) in [7, 11) is 0. The van der Waals surface area contributed by atoms with Crippen molar-refractivity contribution >= 4 is 17.3 Å². The molecule has 0 radical (unpaired) electrons. The van der Waals surface area contributed by atoms with Crippen molar-refractivity contribution in [3.8, 4) is 0 Å². The highest BCUT2D eigenvalue weighted by Crippen LogP contribution is 2.14. The first-order valence-corrected chi connectivity index (χ1v) is 7.28. The molecule has 0 spiro atoms. The van der Waals surface area contributed by atoms with Crippen LogP contribution < -0.4 is 5.32 Å². The van der Waals surface area contributed by atoms with Crippen LogP contribution in [0, 0.1) is 0 Å². The predicted molar refractivity (Wildman–Crippen MR) is 80.6 cm³/mol. The molecule has 98 valence electrons. The summed E-state index contributed by atoms with van der Waals surface area (Å²) in [6, 6.07) is 10.8. The lowest BCUT2D eigenvalue weighted by Crippen LogP contribution is -2.41. The molecule has 0 amide bonds. The van der Waals surface area contributed by atoms with Gasteiger partial charge in [0.2, 0.25) is 0 Å². The van der Waals surface area contributed by atoms with E-state index >= 15 is 0 Å². The minimum Gasteiger partial charge on any atom is -0.356 e. The number of rotatable bonds is 2. The Morgan fingerprint density at radius 2 is 1.72 bits per heavy atom. The highest BCUT2D eigenvalue weighted by atomic mass is 32.1. The van der Waals surface area contributed by atoms with Crippen LogP contribution in [0.2, 0.25) is 0 Å². The molecule has 0 aliphatic carbocycles. The largest absolute Gasteiger partial charge is 0.356 e. The average molecular weight is 262 g/mol. The van der Waals surface area contributed by atoms with Gasteiger partial charge in [0.1, 0.15) is 0 Å². The first-order chi connectivity index (χ1) is 8.77. The zero-order chi connectivity index (χ0) is 12.8. The molecule has 0 aromatic heterocycles. The second kappa shape index (κ2) is 6.74. The smallest absolute Gasteiger partial charge is 0.169 e. The number of hydrogen-bond acceptors (Lipinski definition) is 1. The van der Waals surface area contributed by atoms with Crippen molar-refractivity contribution in [2.75, 3.05) is 13.1 Å². The van der Waals surface area contributed by atoms with Crippen molar-refractivity contribution < 1.29 is 0 Å². The molecule has 2 nitrogen and oxygen atoms in total. The van der Waals surface area contributed by atoms with Crippen LogP contribution in [-0.2, 0) is 0 Å². The van der Waals surface area contributed by atoms with Gasteiger partial charge >= 0.3 is 0 Å². The van der Waals surface area contributed by atoms with Crippen molar-refractivity contribution in [3.05, 3.63) is 35.9 Å². The molecule has 1 atom stereocenters. The number of nitrogens with one attached hydrogen (secondary N) is 1. The van der Waals surface area contributed by atoms with E-state index in [1.165, 1.54) is 31.2 Å². The molecule has 3 heteroatoms. The molecule has 0 saturated carbocycles. The van der Waals surface area contributed by atoms with Crippen LogP contribution in [0.15, 0.2) is 30.3 Å². The number of likely N-dealkylation sites (tertiary alicyclic amines) is 1. The summed E-state index contributed by atoms with van der Waals surface area (Å²) in [5.74, 6) is 0. The maximum absolute atomic E-state index is 5.53. The predicted octanol–water partition coefficient (Wildman–Crippen LogP) is 3.50. The van der Waals surface area contributed by atoms with Gasteiger partial charge in [-0.15, -0.1) is 0 Å². The van der Waals surface area contributed by atoms with Crippen molar-refractivity contribution in [2.24, 2.45) is 0 Å². The van der Waals surface area contributed by atoms with Gasteiger partial charge in [-0.05, 0) is 37.5 Å². The van der Waals surface area contributed by atoms with Crippen LogP contribution in [0.1, 0.15) is 44.2 Å². The summed E-state index contributed by atoms with van der Waals surface area (Å²) in [4.78, 5) is 2.32. The molecule has 1 aliphatic rings. The molecule has 1 aromatic rings. The van der Waals surface area contributed by atoms with Gasteiger partial charge in [-0.2, -0.15) is 0 Å². The van der Waals surface area contributed by atoms with Gasteiger partial charge in [-0.25, -0.2) is 0 Å². The van der Waals surface area contributed by atoms with Crippen molar-refractivity contribution in [1.29, 1.82) is 0 Å². The number of hydrogen-bond donors (Lipinski definition) is 1. The van der Waals surface area contributed by atoms with Crippen molar-refractivity contribution in [1.82, 2.24) is 10.2 Å². The number of benzene rings is 1. The maximum atomic E-state index is 5.53. The SMILES string of the molecule is CC(NC(=S)N1CCCCCC1)c1ccccc1. The number of nitrogens with zero attached hydrogens (tertiary/aromatic N) is 1. The summed E-state index contributed by atoms with van der Waals surface area (Å²) >= 11 is 5.53. The maximum Gasteiger partial charge on any atom is 0.169 e. The van der Waals surface area contributed by atoms with Gasteiger partial charge in [0, 0.05) is 13.1 Å². The lowest BCUT2D eigenvalue weighted by molar-refractivity contribution is 0.421. The molecule has 0 bridgehead atoms. The Morgan fingerprint density at radius 3 is 2.33 bits per heavy atom. The normalized spacial score (nSPS) is 17.9. The van der Waals surface area contributed by atoms with E-state index in [2.05, 4.69) is 41.4 Å². The fraction of sp³-hybridized carbons (Fsp3) is 0.533. The van der Waals surface area contributed by atoms with E-state index in [9.17, 15) is 0 Å². The lowest BCUT2D eigenvalue weighted by atomic mass is 10.1. The quantitative estimate of drug-likeness (QED) is 0.821. The summed E-state index contributed by atoms with van der Waals surface area (Å²) in [6.45, 7) is 4.38. The van der Waals surface area contributed by atoms with E-state index in [4.69, 9.17) is 12.2 Å². The molecule has 1 aromatic carbocycles. The van der Waals surface area contributed by atoms with E-state index in [0.717, 1.165) is 18.2 Å². The molecule has 18 heavy (non-hydrogen) atoms. The highest BCUT2D eigenvalue weighted by Gasteiger charge is 2.14. The molecule has 2 rings (SSSR count). The van der Waals surface area contributed by atoms with Crippen molar-refractivity contribution in [2.45, 2.75) is 38.6 Å². The fourth-order valence-electron chi connectivity index (χ4n) is 2.38. The van der Waals surface area contributed by atoms with Gasteiger partial charge in [-0.1, -0.05) is 43.2 Å². The molecule has 1 heterocycles. The van der Waals surface area contributed by atoms with Gasteiger partial charge in [-0.3, -0.25) is 0 Å². The van der Waals surface area contributed by atoms with Crippen LogP contribution in [-0.4, -0.2) is 23.1 Å². The molecular formula is C15H22N2S. The van der Waals surface area contributed by atoms with E-state index in [0.29, 0.717) is 0 Å². The third-order valence-corrected chi connectivity index (χ3v) is 3.91. The van der Waals surface area contributed by atoms with Crippen LogP contribution in [0.3, 0.4) is 0 Å². The first-order valence-electron chi connectivity index (χ1n) is 6.88. The van der Waals surface area contributed by atoms with Crippen molar-refractivity contribution in [3.63, 3.8) is 0 Å². The van der Waals surface area contributed by atoms with E-state index < -0.39 is 0 Å². The molecule has 1 saturated heterocycles. The molecule has 1 fully saturated rings. The number of thiocarbonyl (C=S) groups is 1. The fourth-order valence-corrected chi connectivity index (χ4v) is 2.73. The summed E-state index contributed by atoms with van der Waals surface area (Å²) < 4.78 is 0. The van der Waals surface area contributed by atoms with Gasteiger partial charge in [0.25, 0.3) is 0 Å². The topological polar surface area (TPSA) is 15.3 Å². The molecule has 1 unspecified atom stereocenters. The lowest BCUT2D eigenvalue weighted by Gasteiger charge is -2.26. The Hall–Kier alpha value is -1.09. The third-order valence-electron chi connectivity index (χ3n) is 3.53. The minimum atomic E-state index is 0.280. The Bertz CT molecular complexity index is 369. The highest BCUT2D eigenvalue weighted by molar-refractivity contribution is 7.80. The van der Waals surface area contributed by atoms with Crippen LogP contribution in [0.4, 0.5) is 0 Å². The standard InChI is InChI=1S/C15H22N2S/c1-13(14-9-5-4-6-10-14)16-15(18)17-11-7-2-3-8-12-17/h4-6,9-10,13H,2-3,7-8,11-12H2,1H3,(H,16,18). The Morgan fingerprint density at radius 1 is 1.11 bits per heavy atom. The Labute approximate surface area is 115 Å². The van der Waals surface area contributed by atoms with Crippen LogP contribution >= 0.6 is 12.2 Å². The van der Waals surface area contributed by atoms with E-state index in [-0.39, 0.29) is 6.04 Å². The van der Waals surface area contributed by atoms with Gasteiger partial charge in [0.15, 0.2) is 5.11 Å². The first kappa shape index (κ1) is 13.3. The zero-order valence-electron chi connectivity index (χ0n) is 11.1. The second-order valence-electron chi connectivity index (χ2n) is 4.98. The van der Waals surface area contributed by atoms with Gasteiger partial charge in [0.05, 0.1) is 6.04 Å². The minimum absolute atomic E-state index is 0.280. The molecular weight excluding hydrogens is 240 g/mol. The second-order valence-corrected chi connectivity index (χ2v) is 5.37. The summed E-state index contributed by atoms with van der Waals surface area (Å²) in [5, 5.41) is 4.36. The summed E-state index contributed by atoms with van der Waals surface area (Å²) in [6.07, 6.45) is 5.21. The average Bonchev–Trinajstić information content (AvgIpc) is 2.68. The van der Waals surface area contributed by atoms with Crippen LogP contribution in [0.25, 0.3) is 0 Å². The van der Waals surface area contributed by atoms with Crippen LogP contribution in [0.5, 0.6) is 0 Å². The van der Waals surface area contributed by atoms with Gasteiger partial charge < -0.3 is 10.2 Å². The molecule has 1 aliphatic heterocycles. The Kier molecular flexibility index (Phi) is 5.00. The van der Waals surface area contributed by atoms with E-state index in [1.807, 2.05) is 6.07 Å². The monoisotopic (exact) mass is 262 g/mol. The molecule has 1 N–H and O–H groups in total. The Balaban J connectivity index is 1.90. The van der Waals surface area contributed by atoms with E-state index in [1.54, 1.807) is 0 Å². The third kappa shape index (κ3) is 3.70. The summed E-state index contributed by atoms with van der Waals surface area (Å²) in [5.41, 5.74) is 1.29.